The molecule has 154 valence electrons. The first-order valence-corrected chi connectivity index (χ1v) is 10.5. The zero-order valence-corrected chi connectivity index (χ0v) is 18.5. The molecule has 0 saturated heterocycles. The number of carbonyl (C=O) groups is 1. The minimum atomic E-state index is -0.476. The molecule has 0 spiro atoms. The lowest BCUT2D eigenvalue weighted by molar-refractivity contribution is -0.118. The first kappa shape index (κ1) is 21.1. The maximum Gasteiger partial charge on any atom is 0.203 e. The highest BCUT2D eigenvalue weighted by Crippen LogP contribution is 2.50. The summed E-state index contributed by atoms with van der Waals surface area (Å²) in [7, 11) is 4.65. The van der Waals surface area contributed by atoms with Crippen molar-refractivity contribution in [2.75, 3.05) is 27.6 Å². The molecule has 1 atom stereocenters. The third kappa shape index (κ3) is 3.69. The second-order valence-corrected chi connectivity index (χ2v) is 8.73. The SMILES string of the molecule is COc1cc([C@H]2C(C#N)=C(SC)NC3=C2C(=O)CC(C)(C)C3)cc(OC)c1OC. The predicted molar refractivity (Wildman–Crippen MR) is 113 cm³/mol. The maximum absolute atomic E-state index is 13.2. The minimum absolute atomic E-state index is 0.0652. The molecular weight excluding hydrogens is 388 g/mol. The van der Waals surface area contributed by atoms with E-state index in [1.54, 1.807) is 21.3 Å². The van der Waals surface area contributed by atoms with Gasteiger partial charge in [0.2, 0.25) is 5.75 Å². The average Bonchev–Trinajstić information content (AvgIpc) is 2.69. The van der Waals surface area contributed by atoms with Gasteiger partial charge in [-0.1, -0.05) is 13.8 Å². The topological polar surface area (TPSA) is 80.6 Å². The quantitative estimate of drug-likeness (QED) is 0.775. The van der Waals surface area contributed by atoms with Crippen LogP contribution in [0.25, 0.3) is 0 Å². The van der Waals surface area contributed by atoms with Crippen LogP contribution in [-0.4, -0.2) is 33.4 Å². The van der Waals surface area contributed by atoms with Crippen molar-refractivity contribution >= 4 is 17.5 Å². The van der Waals surface area contributed by atoms with Crippen molar-refractivity contribution in [3.8, 4) is 23.3 Å². The van der Waals surface area contributed by atoms with Gasteiger partial charge in [0, 0.05) is 17.7 Å². The minimum Gasteiger partial charge on any atom is -0.493 e. The van der Waals surface area contributed by atoms with Gasteiger partial charge in [0.05, 0.1) is 43.9 Å². The van der Waals surface area contributed by atoms with Crippen molar-refractivity contribution in [2.24, 2.45) is 5.41 Å². The number of nitriles is 1. The summed E-state index contributed by atoms with van der Waals surface area (Å²) in [6.07, 6.45) is 3.12. The van der Waals surface area contributed by atoms with E-state index in [-0.39, 0.29) is 11.2 Å². The largest absolute Gasteiger partial charge is 0.493 e. The van der Waals surface area contributed by atoms with Crippen LogP contribution in [-0.2, 0) is 4.79 Å². The summed E-state index contributed by atoms with van der Waals surface area (Å²) >= 11 is 1.47. The number of carbonyl (C=O) groups excluding carboxylic acids is 1. The van der Waals surface area contributed by atoms with Crippen LogP contribution in [0.4, 0.5) is 0 Å². The lowest BCUT2D eigenvalue weighted by atomic mass is 9.69. The summed E-state index contributed by atoms with van der Waals surface area (Å²) in [6, 6.07) is 5.98. The Hall–Kier alpha value is -2.59. The van der Waals surface area contributed by atoms with Crippen LogP contribution in [0.15, 0.2) is 34.0 Å². The molecule has 0 bridgehead atoms. The van der Waals surface area contributed by atoms with Crippen molar-refractivity contribution in [2.45, 2.75) is 32.6 Å². The van der Waals surface area contributed by atoms with Crippen LogP contribution in [0.5, 0.6) is 17.2 Å². The third-order valence-electron chi connectivity index (χ3n) is 5.35. The monoisotopic (exact) mass is 414 g/mol. The predicted octanol–water partition coefficient (Wildman–Crippen LogP) is 4.14. The van der Waals surface area contributed by atoms with Gasteiger partial charge in [0.1, 0.15) is 0 Å². The number of hydrogen-bond acceptors (Lipinski definition) is 7. The summed E-state index contributed by atoms with van der Waals surface area (Å²) in [5, 5.41) is 14.1. The first-order chi connectivity index (χ1) is 13.8. The molecule has 6 nitrogen and oxygen atoms in total. The lowest BCUT2D eigenvalue weighted by Gasteiger charge is -2.39. The summed E-state index contributed by atoms with van der Waals surface area (Å²) in [5.41, 5.74) is 2.72. The van der Waals surface area contributed by atoms with E-state index in [2.05, 4.69) is 25.2 Å². The molecule has 1 aromatic rings. The van der Waals surface area contributed by atoms with E-state index in [1.165, 1.54) is 11.8 Å². The lowest BCUT2D eigenvalue weighted by Crippen LogP contribution is -2.36. The molecule has 0 amide bonds. The van der Waals surface area contributed by atoms with Gasteiger partial charge in [-0.2, -0.15) is 5.26 Å². The fourth-order valence-corrected chi connectivity index (χ4v) is 4.75. The second-order valence-electron chi connectivity index (χ2n) is 7.91. The number of ether oxygens (including phenoxy) is 3. The van der Waals surface area contributed by atoms with Gasteiger partial charge in [0.15, 0.2) is 17.3 Å². The van der Waals surface area contributed by atoms with Crippen molar-refractivity contribution in [1.29, 1.82) is 5.26 Å². The molecule has 0 aromatic heterocycles. The van der Waals surface area contributed by atoms with E-state index in [4.69, 9.17) is 14.2 Å². The number of methoxy groups -OCH3 is 3. The van der Waals surface area contributed by atoms with Gasteiger partial charge in [-0.05, 0) is 35.8 Å². The van der Waals surface area contributed by atoms with Gasteiger partial charge >= 0.3 is 0 Å². The van der Waals surface area contributed by atoms with Crippen molar-refractivity contribution in [3.63, 3.8) is 0 Å². The zero-order valence-electron chi connectivity index (χ0n) is 17.6. The Morgan fingerprint density at radius 1 is 1.14 bits per heavy atom. The van der Waals surface area contributed by atoms with Crippen LogP contribution >= 0.6 is 11.8 Å². The third-order valence-corrected chi connectivity index (χ3v) is 6.08. The molecular formula is C22H26N2O4S. The van der Waals surface area contributed by atoms with Gasteiger partial charge in [0.25, 0.3) is 0 Å². The summed E-state index contributed by atoms with van der Waals surface area (Å²) in [4.78, 5) is 13.2. The first-order valence-electron chi connectivity index (χ1n) is 9.31. The summed E-state index contributed by atoms with van der Waals surface area (Å²) in [5.74, 6) is 1.06. The second kappa shape index (κ2) is 8.03. The van der Waals surface area contributed by atoms with Crippen LogP contribution in [0.2, 0.25) is 0 Å². The molecule has 0 unspecified atom stereocenters. The highest BCUT2D eigenvalue weighted by molar-refractivity contribution is 8.02. The van der Waals surface area contributed by atoms with E-state index in [0.717, 1.165) is 22.7 Å². The van der Waals surface area contributed by atoms with Gasteiger partial charge in [-0.15, -0.1) is 11.8 Å². The number of allylic oxidation sites excluding steroid dienone is 3. The smallest absolute Gasteiger partial charge is 0.203 e. The van der Waals surface area contributed by atoms with Gasteiger partial charge in [-0.3, -0.25) is 4.79 Å². The number of nitrogens with zero attached hydrogens (tertiary/aromatic N) is 1. The number of Topliss-reactive ketones (excluding diaryl/α,β-unsaturated/α-hetero) is 1. The van der Waals surface area contributed by atoms with Crippen LogP contribution < -0.4 is 19.5 Å². The number of rotatable bonds is 5. The summed E-state index contributed by atoms with van der Waals surface area (Å²) < 4.78 is 16.4. The molecule has 7 heteroatoms. The van der Waals surface area contributed by atoms with Crippen LogP contribution in [0, 0.1) is 16.7 Å². The molecule has 1 N–H and O–H groups in total. The molecule has 1 heterocycles. The van der Waals surface area contributed by atoms with Crippen LogP contribution in [0.3, 0.4) is 0 Å². The molecule has 2 aliphatic rings. The highest BCUT2D eigenvalue weighted by Gasteiger charge is 2.42. The molecule has 1 aliphatic carbocycles. The highest BCUT2D eigenvalue weighted by atomic mass is 32.2. The van der Waals surface area contributed by atoms with Crippen molar-refractivity contribution in [3.05, 3.63) is 39.6 Å². The Labute approximate surface area is 175 Å². The standard InChI is InChI=1S/C22H26N2O4S/c1-22(2)9-14-19(15(25)10-22)18(13(11-23)21(24-14)29-6)12-7-16(26-3)20(28-5)17(8-12)27-4/h7-8,18,24H,9-10H2,1-6H3/t18-/m0/s1. The zero-order chi connectivity index (χ0) is 21.3. The number of hydrogen-bond donors (Lipinski definition) is 1. The van der Waals surface area contributed by atoms with E-state index in [9.17, 15) is 10.1 Å². The molecule has 1 aliphatic heterocycles. The normalized spacial score (nSPS) is 20.6. The number of thioether (sulfide) groups is 1. The summed E-state index contributed by atoms with van der Waals surface area (Å²) in [6.45, 7) is 4.18. The number of dihydropyridines is 1. The van der Waals surface area contributed by atoms with Crippen molar-refractivity contribution < 1.29 is 19.0 Å². The number of nitrogens with one attached hydrogen (secondary N) is 1. The van der Waals surface area contributed by atoms with Crippen molar-refractivity contribution in [1.82, 2.24) is 5.32 Å². The Balaban J connectivity index is 2.27. The Morgan fingerprint density at radius 2 is 1.76 bits per heavy atom. The Bertz CT molecular complexity index is 931. The van der Waals surface area contributed by atoms with Crippen LogP contribution in [0.1, 0.15) is 38.2 Å². The Morgan fingerprint density at radius 3 is 2.24 bits per heavy atom. The molecule has 0 radical (unpaired) electrons. The van der Waals surface area contributed by atoms with E-state index in [1.807, 2.05) is 18.4 Å². The fourth-order valence-electron chi connectivity index (χ4n) is 4.14. The number of ketones is 1. The van der Waals surface area contributed by atoms with Gasteiger partial charge < -0.3 is 19.5 Å². The van der Waals surface area contributed by atoms with Gasteiger partial charge in [-0.25, -0.2) is 0 Å². The van der Waals surface area contributed by atoms with E-state index in [0.29, 0.717) is 34.8 Å². The average molecular weight is 415 g/mol. The van der Waals surface area contributed by atoms with E-state index >= 15 is 0 Å². The maximum atomic E-state index is 13.2. The molecule has 29 heavy (non-hydrogen) atoms. The van der Waals surface area contributed by atoms with E-state index < -0.39 is 5.92 Å². The Kier molecular flexibility index (Phi) is 5.85. The molecule has 1 aromatic carbocycles. The molecule has 0 fully saturated rings. The molecule has 0 saturated carbocycles. The number of benzene rings is 1. The fraction of sp³-hybridized carbons (Fsp3) is 0.455. The molecule has 3 rings (SSSR count).